The van der Waals surface area contributed by atoms with E-state index in [4.69, 9.17) is 9.15 Å². The van der Waals surface area contributed by atoms with Crippen LogP contribution < -0.4 is 5.32 Å². The van der Waals surface area contributed by atoms with E-state index in [0.29, 0.717) is 51.6 Å². The van der Waals surface area contributed by atoms with Gasteiger partial charge in [-0.15, -0.1) is 0 Å². The number of hydrogen-bond acceptors (Lipinski definition) is 6. The van der Waals surface area contributed by atoms with Gasteiger partial charge in [-0.1, -0.05) is 0 Å². The van der Waals surface area contributed by atoms with Gasteiger partial charge in [0.05, 0.1) is 26.9 Å². The molecule has 1 N–H and O–H groups in total. The normalized spacial score (nSPS) is 15.0. The molecule has 0 radical (unpaired) electrons. The van der Waals surface area contributed by atoms with Crippen LogP contribution in [0.5, 0.6) is 0 Å². The highest BCUT2D eigenvalue weighted by Crippen LogP contribution is 2.08. The van der Waals surface area contributed by atoms with Crippen LogP contribution in [-0.2, 0) is 20.8 Å². The number of amides is 1. The number of esters is 1. The highest BCUT2D eigenvalue weighted by atomic mass is 16.5. The number of ether oxygens (including phenoxy) is 2. The predicted octanol–water partition coefficient (Wildman–Crippen LogP) is 0.405. The Hall–Kier alpha value is -1.86. The SMILES string of the molecule is COC(=O)c1ccc(CNCCC(=O)N2CCOCC2)o1. The molecule has 2 heterocycles. The lowest BCUT2D eigenvalue weighted by atomic mass is 10.3. The Labute approximate surface area is 123 Å². The zero-order chi connectivity index (χ0) is 15.1. The van der Waals surface area contributed by atoms with Crippen LogP contribution in [0.3, 0.4) is 0 Å². The summed E-state index contributed by atoms with van der Waals surface area (Å²) >= 11 is 0. The maximum absolute atomic E-state index is 11.9. The van der Waals surface area contributed by atoms with Crippen LogP contribution in [0.1, 0.15) is 22.7 Å². The van der Waals surface area contributed by atoms with Crippen molar-refractivity contribution in [1.82, 2.24) is 10.2 Å². The Bertz CT molecular complexity index is 479. The van der Waals surface area contributed by atoms with Crippen LogP contribution in [0, 0.1) is 0 Å². The molecule has 1 aromatic heterocycles. The van der Waals surface area contributed by atoms with Crippen molar-refractivity contribution in [1.29, 1.82) is 0 Å². The molecular weight excluding hydrogens is 276 g/mol. The molecule has 0 atom stereocenters. The van der Waals surface area contributed by atoms with Crippen LogP contribution in [0.25, 0.3) is 0 Å². The van der Waals surface area contributed by atoms with Crippen molar-refractivity contribution in [3.05, 3.63) is 23.7 Å². The first kappa shape index (κ1) is 15.5. The molecule has 7 nitrogen and oxygen atoms in total. The van der Waals surface area contributed by atoms with E-state index >= 15 is 0 Å². The summed E-state index contributed by atoms with van der Waals surface area (Å²) in [5, 5.41) is 3.12. The first-order chi connectivity index (χ1) is 10.2. The molecular formula is C14H20N2O5. The van der Waals surface area contributed by atoms with Gasteiger partial charge in [-0.3, -0.25) is 4.79 Å². The fraction of sp³-hybridized carbons (Fsp3) is 0.571. The molecule has 7 heteroatoms. The van der Waals surface area contributed by atoms with E-state index in [1.807, 2.05) is 4.90 Å². The fourth-order valence-electron chi connectivity index (χ4n) is 2.06. The van der Waals surface area contributed by atoms with Crippen molar-refractivity contribution in [3.8, 4) is 0 Å². The topological polar surface area (TPSA) is 81.0 Å². The van der Waals surface area contributed by atoms with E-state index in [1.54, 1.807) is 12.1 Å². The maximum Gasteiger partial charge on any atom is 0.373 e. The van der Waals surface area contributed by atoms with Crippen LogP contribution in [0.15, 0.2) is 16.5 Å². The van der Waals surface area contributed by atoms with Gasteiger partial charge in [-0.25, -0.2) is 4.79 Å². The number of hydrogen-bond donors (Lipinski definition) is 1. The van der Waals surface area contributed by atoms with Gasteiger partial charge in [0.2, 0.25) is 11.7 Å². The van der Waals surface area contributed by atoms with Crippen molar-refractivity contribution in [3.63, 3.8) is 0 Å². The summed E-state index contributed by atoms with van der Waals surface area (Å²) in [7, 11) is 1.31. The maximum atomic E-state index is 11.9. The van der Waals surface area contributed by atoms with Crippen LogP contribution in [-0.4, -0.2) is 56.7 Å². The minimum absolute atomic E-state index is 0.125. The summed E-state index contributed by atoms with van der Waals surface area (Å²) in [6.07, 6.45) is 0.435. The molecule has 1 aromatic rings. The third-order valence-electron chi connectivity index (χ3n) is 3.23. The lowest BCUT2D eigenvalue weighted by molar-refractivity contribution is -0.135. The first-order valence-electron chi connectivity index (χ1n) is 6.94. The van der Waals surface area contributed by atoms with Gasteiger partial charge in [0, 0.05) is 26.1 Å². The standard InChI is InChI=1S/C14H20N2O5/c1-19-14(18)12-3-2-11(21-12)10-15-5-4-13(17)16-6-8-20-9-7-16/h2-3,15H,4-10H2,1H3. The second-order valence-corrected chi connectivity index (χ2v) is 4.68. The molecule has 21 heavy (non-hydrogen) atoms. The number of methoxy groups -OCH3 is 1. The molecule has 2 rings (SSSR count). The lowest BCUT2D eigenvalue weighted by Gasteiger charge is -2.26. The molecule has 0 spiro atoms. The molecule has 116 valence electrons. The van der Waals surface area contributed by atoms with Gasteiger partial charge >= 0.3 is 5.97 Å². The van der Waals surface area contributed by atoms with Crippen molar-refractivity contribution >= 4 is 11.9 Å². The van der Waals surface area contributed by atoms with Gasteiger partial charge in [0.25, 0.3) is 0 Å². The van der Waals surface area contributed by atoms with Gasteiger partial charge in [-0.05, 0) is 12.1 Å². The van der Waals surface area contributed by atoms with Crippen molar-refractivity contribution in [2.75, 3.05) is 40.0 Å². The quantitative estimate of drug-likeness (QED) is 0.605. The van der Waals surface area contributed by atoms with Crippen LogP contribution in [0.2, 0.25) is 0 Å². The molecule has 1 amide bonds. The highest BCUT2D eigenvalue weighted by Gasteiger charge is 2.16. The highest BCUT2D eigenvalue weighted by molar-refractivity contribution is 5.86. The van der Waals surface area contributed by atoms with E-state index in [9.17, 15) is 9.59 Å². The number of carbonyl (C=O) groups is 2. The van der Waals surface area contributed by atoms with Gasteiger partial charge in [-0.2, -0.15) is 0 Å². The van der Waals surface area contributed by atoms with E-state index in [2.05, 4.69) is 10.1 Å². The average Bonchev–Trinajstić information content (AvgIpc) is 3.00. The number of carbonyl (C=O) groups excluding carboxylic acids is 2. The molecule has 1 saturated heterocycles. The Morgan fingerprint density at radius 1 is 1.33 bits per heavy atom. The molecule has 1 fully saturated rings. The largest absolute Gasteiger partial charge is 0.463 e. The van der Waals surface area contributed by atoms with E-state index in [-0.39, 0.29) is 11.7 Å². The van der Waals surface area contributed by atoms with E-state index < -0.39 is 5.97 Å². The second-order valence-electron chi connectivity index (χ2n) is 4.68. The monoisotopic (exact) mass is 296 g/mol. The summed E-state index contributed by atoms with van der Waals surface area (Å²) < 4.78 is 15.1. The Balaban J connectivity index is 1.66. The smallest absolute Gasteiger partial charge is 0.373 e. The number of rotatable bonds is 6. The molecule has 0 aliphatic carbocycles. The van der Waals surface area contributed by atoms with Gasteiger partial charge < -0.3 is 24.1 Å². The van der Waals surface area contributed by atoms with Gasteiger partial charge in [0.1, 0.15) is 5.76 Å². The number of furan rings is 1. The molecule has 1 aliphatic rings. The van der Waals surface area contributed by atoms with Crippen molar-refractivity contribution in [2.45, 2.75) is 13.0 Å². The number of nitrogens with zero attached hydrogens (tertiary/aromatic N) is 1. The number of morpholine rings is 1. The summed E-state index contributed by atoms with van der Waals surface area (Å²) in [6, 6.07) is 3.28. The summed E-state index contributed by atoms with van der Waals surface area (Å²) in [4.78, 5) is 24.9. The van der Waals surface area contributed by atoms with E-state index in [0.717, 1.165) is 0 Å². The average molecular weight is 296 g/mol. The fourth-order valence-corrected chi connectivity index (χ4v) is 2.06. The first-order valence-corrected chi connectivity index (χ1v) is 6.94. The zero-order valence-electron chi connectivity index (χ0n) is 12.1. The molecule has 0 unspecified atom stereocenters. The molecule has 1 aliphatic heterocycles. The van der Waals surface area contributed by atoms with E-state index in [1.165, 1.54) is 7.11 Å². The second kappa shape index (κ2) is 7.80. The summed E-state index contributed by atoms with van der Waals surface area (Å²) in [6.45, 7) is 3.58. The van der Waals surface area contributed by atoms with Gasteiger partial charge in [0.15, 0.2) is 0 Å². The minimum Gasteiger partial charge on any atom is -0.463 e. The number of nitrogens with one attached hydrogen (secondary N) is 1. The molecule has 0 aromatic carbocycles. The zero-order valence-corrected chi connectivity index (χ0v) is 12.1. The predicted molar refractivity (Wildman–Crippen MR) is 73.8 cm³/mol. The Kier molecular flexibility index (Phi) is 5.77. The third kappa shape index (κ3) is 4.57. The molecule has 0 saturated carbocycles. The Morgan fingerprint density at radius 3 is 2.81 bits per heavy atom. The third-order valence-corrected chi connectivity index (χ3v) is 3.23. The van der Waals surface area contributed by atoms with Crippen molar-refractivity contribution in [2.24, 2.45) is 0 Å². The minimum atomic E-state index is -0.497. The molecule has 0 bridgehead atoms. The van der Waals surface area contributed by atoms with Crippen molar-refractivity contribution < 1.29 is 23.5 Å². The lowest BCUT2D eigenvalue weighted by Crippen LogP contribution is -2.41. The Morgan fingerprint density at radius 2 is 2.10 bits per heavy atom. The summed E-state index contributed by atoms with van der Waals surface area (Å²) in [5.74, 6) is 0.442. The summed E-state index contributed by atoms with van der Waals surface area (Å²) in [5.41, 5.74) is 0. The van der Waals surface area contributed by atoms with Crippen LogP contribution in [0.4, 0.5) is 0 Å². The van der Waals surface area contributed by atoms with Crippen LogP contribution >= 0.6 is 0 Å².